The summed E-state index contributed by atoms with van der Waals surface area (Å²) in [7, 11) is 2.03. The van der Waals surface area contributed by atoms with Crippen LogP contribution in [-0.2, 0) is 6.42 Å². The molecule has 0 aliphatic carbocycles. The molecule has 0 bridgehead atoms. The van der Waals surface area contributed by atoms with Crippen LogP contribution in [0.1, 0.15) is 21.3 Å². The number of hydrogen-bond donors (Lipinski definition) is 0. The van der Waals surface area contributed by atoms with Crippen molar-refractivity contribution in [2.45, 2.75) is 19.4 Å². The number of fused-ring (bicyclic) bond motifs is 1. The summed E-state index contributed by atoms with van der Waals surface area (Å²) in [5.74, 6) is -0.0603. The minimum absolute atomic E-state index is 0.121. The zero-order valence-corrected chi connectivity index (χ0v) is 19.2. The molecule has 0 saturated carbocycles. The molecule has 2 aromatic heterocycles. The molecule has 8 heteroatoms. The molecule has 5 nitrogen and oxygen atoms in total. The van der Waals surface area contributed by atoms with E-state index < -0.39 is 0 Å². The second-order valence-corrected chi connectivity index (χ2v) is 9.63. The maximum absolute atomic E-state index is 13.7. The molecule has 170 valence electrons. The van der Waals surface area contributed by atoms with E-state index in [0.29, 0.717) is 41.9 Å². The summed E-state index contributed by atoms with van der Waals surface area (Å²) in [5.41, 5.74) is 1.79. The molecule has 5 rings (SSSR count). The van der Waals surface area contributed by atoms with E-state index in [9.17, 15) is 13.6 Å². The Balaban J connectivity index is 1.45. The summed E-state index contributed by atoms with van der Waals surface area (Å²) < 4.78 is 32.9. The van der Waals surface area contributed by atoms with Crippen LogP contribution < -0.4 is 0 Å². The first-order valence-corrected chi connectivity index (χ1v) is 11.6. The van der Waals surface area contributed by atoms with Gasteiger partial charge in [0.2, 0.25) is 0 Å². The van der Waals surface area contributed by atoms with Gasteiger partial charge in [0.1, 0.15) is 28.7 Å². The summed E-state index contributed by atoms with van der Waals surface area (Å²) in [6.07, 6.45) is 0.515. The number of carbonyl (C=O) groups excluding carboxylic acids is 1. The number of hydrogen-bond acceptors (Lipinski definition) is 5. The van der Waals surface area contributed by atoms with Crippen molar-refractivity contribution in [3.05, 3.63) is 76.6 Å². The van der Waals surface area contributed by atoms with Crippen molar-refractivity contribution in [3.8, 4) is 10.4 Å². The lowest BCUT2D eigenvalue weighted by atomic mass is 10.0. The van der Waals surface area contributed by atoms with E-state index in [2.05, 4.69) is 9.88 Å². The van der Waals surface area contributed by atoms with Crippen molar-refractivity contribution in [3.63, 3.8) is 0 Å². The van der Waals surface area contributed by atoms with Crippen molar-refractivity contribution in [1.82, 2.24) is 14.8 Å². The van der Waals surface area contributed by atoms with E-state index >= 15 is 0 Å². The molecule has 3 heterocycles. The summed E-state index contributed by atoms with van der Waals surface area (Å²) in [4.78, 5) is 23.0. The van der Waals surface area contributed by atoms with Crippen LogP contribution in [0.4, 0.5) is 8.78 Å². The van der Waals surface area contributed by atoms with Gasteiger partial charge in [-0.3, -0.25) is 4.79 Å². The van der Waals surface area contributed by atoms with E-state index in [4.69, 9.17) is 4.42 Å². The summed E-state index contributed by atoms with van der Waals surface area (Å²) in [5, 5.41) is 1.49. The standard InChI is InChI=1S/C25H23F2N3O2S/c1-15-28-23(24(33-15)16-3-5-18(26)6-4-16)25(31)30-10-9-29(2)14-20(30)13-21-12-17-11-19(27)7-8-22(17)32-21/h3-8,11-12,20H,9-10,13-14H2,1-2H3. The van der Waals surface area contributed by atoms with Gasteiger partial charge >= 0.3 is 0 Å². The monoisotopic (exact) mass is 467 g/mol. The van der Waals surface area contributed by atoms with Crippen molar-refractivity contribution >= 4 is 28.2 Å². The van der Waals surface area contributed by atoms with E-state index in [1.165, 1.54) is 35.6 Å². The molecular weight excluding hydrogens is 444 g/mol. The van der Waals surface area contributed by atoms with Gasteiger partial charge in [-0.15, -0.1) is 11.3 Å². The molecule has 0 radical (unpaired) electrons. The first-order chi connectivity index (χ1) is 15.9. The number of benzene rings is 2. The van der Waals surface area contributed by atoms with Crippen molar-refractivity contribution in [1.29, 1.82) is 0 Å². The van der Waals surface area contributed by atoms with Gasteiger partial charge in [-0.1, -0.05) is 12.1 Å². The van der Waals surface area contributed by atoms with Gasteiger partial charge in [-0.2, -0.15) is 0 Å². The Labute approximate surface area is 194 Å². The molecule has 0 N–H and O–H groups in total. The van der Waals surface area contributed by atoms with E-state index in [-0.39, 0.29) is 23.6 Å². The highest BCUT2D eigenvalue weighted by atomic mass is 32.1. The topological polar surface area (TPSA) is 49.6 Å². The number of likely N-dealkylation sites (N-methyl/N-ethyl adjacent to an activating group) is 1. The van der Waals surface area contributed by atoms with Crippen molar-refractivity contribution < 1.29 is 18.0 Å². The van der Waals surface area contributed by atoms with Crippen LogP contribution in [-0.4, -0.2) is 53.4 Å². The maximum Gasteiger partial charge on any atom is 0.274 e. The molecule has 1 unspecified atom stereocenters. The SMILES string of the molecule is Cc1nc(C(=O)N2CCN(C)CC2Cc2cc3cc(F)ccc3o2)c(-c2ccc(F)cc2)s1. The third kappa shape index (κ3) is 4.41. The van der Waals surface area contributed by atoms with Gasteiger partial charge in [0, 0.05) is 31.4 Å². The molecule has 0 spiro atoms. The van der Waals surface area contributed by atoms with Crippen molar-refractivity contribution in [2.24, 2.45) is 0 Å². The lowest BCUT2D eigenvalue weighted by Crippen LogP contribution is -2.55. The van der Waals surface area contributed by atoms with Crippen LogP contribution in [0.5, 0.6) is 0 Å². The fraction of sp³-hybridized carbons (Fsp3) is 0.280. The second kappa shape index (κ2) is 8.68. The maximum atomic E-state index is 13.7. The smallest absolute Gasteiger partial charge is 0.274 e. The fourth-order valence-electron chi connectivity index (χ4n) is 4.36. The van der Waals surface area contributed by atoms with Gasteiger partial charge in [0.05, 0.1) is 15.9 Å². The lowest BCUT2D eigenvalue weighted by molar-refractivity contribution is 0.0489. The average molecular weight is 468 g/mol. The number of amides is 1. The predicted octanol–water partition coefficient (Wildman–Crippen LogP) is 5.14. The van der Waals surface area contributed by atoms with E-state index in [1.807, 2.05) is 24.9 Å². The first-order valence-electron chi connectivity index (χ1n) is 10.8. The number of piperazine rings is 1. The Bertz CT molecular complexity index is 1320. The minimum atomic E-state index is -0.322. The highest BCUT2D eigenvalue weighted by Crippen LogP contribution is 2.32. The predicted molar refractivity (Wildman–Crippen MR) is 124 cm³/mol. The number of furan rings is 1. The second-order valence-electron chi connectivity index (χ2n) is 8.43. The molecule has 1 amide bonds. The molecule has 1 aliphatic heterocycles. The Morgan fingerprint density at radius 3 is 2.67 bits per heavy atom. The van der Waals surface area contributed by atoms with E-state index in [1.54, 1.807) is 18.2 Å². The van der Waals surface area contributed by atoms with Gasteiger partial charge in [-0.05, 0) is 55.9 Å². The summed E-state index contributed by atoms with van der Waals surface area (Å²) in [6, 6.07) is 12.3. The Kier molecular flexibility index (Phi) is 5.72. The number of halogens is 2. The molecule has 1 fully saturated rings. The summed E-state index contributed by atoms with van der Waals surface area (Å²) >= 11 is 1.43. The minimum Gasteiger partial charge on any atom is -0.461 e. The average Bonchev–Trinajstić information content (AvgIpc) is 3.36. The molecule has 33 heavy (non-hydrogen) atoms. The van der Waals surface area contributed by atoms with Gasteiger partial charge < -0.3 is 14.2 Å². The Morgan fingerprint density at radius 2 is 1.88 bits per heavy atom. The summed E-state index contributed by atoms with van der Waals surface area (Å²) in [6.45, 7) is 3.87. The number of aromatic nitrogens is 1. The third-order valence-corrected chi connectivity index (χ3v) is 6.98. The van der Waals surface area contributed by atoms with E-state index in [0.717, 1.165) is 22.0 Å². The molecule has 1 atom stereocenters. The number of rotatable bonds is 4. The van der Waals surface area contributed by atoms with Crippen molar-refractivity contribution in [2.75, 3.05) is 26.7 Å². The van der Waals surface area contributed by atoms with Gasteiger partial charge in [0.15, 0.2) is 0 Å². The van der Waals surface area contributed by atoms with Gasteiger partial charge in [-0.25, -0.2) is 13.8 Å². The Morgan fingerprint density at radius 1 is 1.12 bits per heavy atom. The number of thiazole rings is 1. The molecule has 1 aliphatic rings. The molecule has 4 aromatic rings. The van der Waals surface area contributed by atoms with Crippen LogP contribution in [0.2, 0.25) is 0 Å². The first kappa shape index (κ1) is 21.7. The molecule has 1 saturated heterocycles. The molecule has 2 aromatic carbocycles. The zero-order valence-electron chi connectivity index (χ0n) is 18.3. The zero-order chi connectivity index (χ0) is 23.1. The van der Waals surface area contributed by atoms with Crippen LogP contribution >= 0.6 is 11.3 Å². The van der Waals surface area contributed by atoms with Crippen LogP contribution in [0, 0.1) is 18.6 Å². The number of aryl methyl sites for hydroxylation is 1. The quantitative estimate of drug-likeness (QED) is 0.417. The number of nitrogens with zero attached hydrogens (tertiary/aromatic N) is 3. The largest absolute Gasteiger partial charge is 0.461 e. The van der Waals surface area contributed by atoms with Gasteiger partial charge in [0.25, 0.3) is 5.91 Å². The van der Waals surface area contributed by atoms with Crippen LogP contribution in [0.3, 0.4) is 0 Å². The normalized spacial score (nSPS) is 17.1. The van der Waals surface area contributed by atoms with Crippen LogP contribution in [0.15, 0.2) is 52.9 Å². The lowest BCUT2D eigenvalue weighted by Gasteiger charge is -2.39. The van der Waals surface area contributed by atoms with Crippen LogP contribution in [0.25, 0.3) is 21.4 Å². The highest BCUT2D eigenvalue weighted by molar-refractivity contribution is 7.15. The highest BCUT2D eigenvalue weighted by Gasteiger charge is 2.33. The molecular formula is C25H23F2N3O2S. The fourth-order valence-corrected chi connectivity index (χ4v) is 5.28. The number of carbonyl (C=O) groups is 1. The Hall–Kier alpha value is -3.10. The third-order valence-electron chi connectivity index (χ3n) is 5.96.